The Morgan fingerprint density at radius 1 is 1.25 bits per heavy atom. The van der Waals surface area contributed by atoms with Crippen molar-refractivity contribution in [1.29, 1.82) is 0 Å². The number of hydrogen-bond acceptors (Lipinski definition) is 7. The highest BCUT2D eigenvalue weighted by Gasteiger charge is 2.37. The number of anilines is 1. The molecule has 2 saturated heterocycles. The van der Waals surface area contributed by atoms with Crippen LogP contribution in [0.15, 0.2) is 18.2 Å². The predicted molar refractivity (Wildman–Crippen MR) is 111 cm³/mol. The highest BCUT2D eigenvalue weighted by molar-refractivity contribution is 7.91. The van der Waals surface area contributed by atoms with Gasteiger partial charge in [0.2, 0.25) is 5.91 Å². The molecule has 178 valence electrons. The molecule has 1 aromatic carbocycles. The van der Waals surface area contributed by atoms with Gasteiger partial charge in [-0.1, -0.05) is 0 Å². The summed E-state index contributed by atoms with van der Waals surface area (Å²) in [6.45, 7) is 3.07. The maximum absolute atomic E-state index is 12.9. The maximum atomic E-state index is 12.9. The molecule has 0 aliphatic carbocycles. The second kappa shape index (κ2) is 8.85. The molecule has 2 aliphatic rings. The van der Waals surface area contributed by atoms with Crippen LogP contribution in [0, 0.1) is 10.1 Å². The molecule has 32 heavy (non-hydrogen) atoms. The van der Waals surface area contributed by atoms with Crippen LogP contribution in [0.2, 0.25) is 0 Å². The van der Waals surface area contributed by atoms with Gasteiger partial charge in [-0.15, -0.1) is 0 Å². The van der Waals surface area contributed by atoms with Crippen molar-refractivity contribution < 1.29 is 31.3 Å². The number of sulfone groups is 1. The second-order valence-electron chi connectivity index (χ2n) is 8.16. The van der Waals surface area contributed by atoms with Crippen LogP contribution >= 0.6 is 0 Å². The summed E-state index contributed by atoms with van der Waals surface area (Å²) in [5, 5.41) is 11.4. The standard InChI is InChI=1S/C19H25F3N4O5S/c1-13(18(27)23(2)15-5-10-32(30,31)12-15)24-6-8-25(9-7-24)16-4-3-14(19(20,21)22)11-17(16)26(28)29/h3-4,11,13,15H,5-10,12H2,1-2H3/t13-,15+/m1/s1. The average Bonchev–Trinajstić information content (AvgIpc) is 3.10. The molecule has 0 N–H and O–H groups in total. The first-order valence-electron chi connectivity index (χ1n) is 10.1. The van der Waals surface area contributed by atoms with E-state index in [2.05, 4.69) is 0 Å². The molecule has 2 aliphatic heterocycles. The normalized spacial score (nSPS) is 22.5. The van der Waals surface area contributed by atoms with Gasteiger partial charge in [0.05, 0.1) is 28.0 Å². The van der Waals surface area contributed by atoms with Crippen molar-refractivity contribution in [2.75, 3.05) is 49.6 Å². The Morgan fingerprint density at radius 3 is 2.38 bits per heavy atom. The van der Waals surface area contributed by atoms with E-state index in [-0.39, 0.29) is 29.1 Å². The van der Waals surface area contributed by atoms with Crippen LogP contribution < -0.4 is 4.90 Å². The number of nitrogens with zero attached hydrogens (tertiary/aromatic N) is 4. The lowest BCUT2D eigenvalue weighted by Gasteiger charge is -2.39. The smallest absolute Gasteiger partial charge is 0.363 e. The monoisotopic (exact) mass is 478 g/mol. The first kappa shape index (κ1) is 24.2. The third kappa shape index (κ3) is 5.14. The number of halogens is 3. The van der Waals surface area contributed by atoms with E-state index in [9.17, 15) is 36.5 Å². The van der Waals surface area contributed by atoms with Gasteiger partial charge in [-0.2, -0.15) is 13.2 Å². The summed E-state index contributed by atoms with van der Waals surface area (Å²) in [5.74, 6) is -0.192. The minimum Gasteiger partial charge on any atom is -0.363 e. The Labute approximate surface area is 183 Å². The molecule has 1 aromatic rings. The minimum absolute atomic E-state index is 0.0483. The van der Waals surface area contributed by atoms with Gasteiger partial charge in [0.25, 0.3) is 5.69 Å². The van der Waals surface area contributed by atoms with E-state index in [1.165, 1.54) is 4.90 Å². The van der Waals surface area contributed by atoms with Crippen molar-refractivity contribution >= 4 is 27.1 Å². The maximum Gasteiger partial charge on any atom is 0.416 e. The molecular formula is C19H25F3N4O5S. The van der Waals surface area contributed by atoms with Gasteiger partial charge in [-0.05, 0) is 25.5 Å². The van der Waals surface area contributed by atoms with Crippen LogP contribution in [0.4, 0.5) is 24.5 Å². The number of likely N-dealkylation sites (N-methyl/N-ethyl adjacent to an activating group) is 1. The first-order chi connectivity index (χ1) is 14.8. The summed E-state index contributed by atoms with van der Waals surface area (Å²) < 4.78 is 62.2. The molecule has 13 heteroatoms. The van der Waals surface area contributed by atoms with Crippen molar-refractivity contribution in [3.05, 3.63) is 33.9 Å². The van der Waals surface area contributed by atoms with E-state index in [1.54, 1.807) is 18.9 Å². The SMILES string of the molecule is C[C@H](C(=O)N(C)[C@H]1CCS(=O)(=O)C1)N1CCN(c2ccc(C(F)(F)F)cc2[N+](=O)[O-])CC1. The molecular weight excluding hydrogens is 453 g/mol. The zero-order valence-electron chi connectivity index (χ0n) is 17.7. The van der Waals surface area contributed by atoms with Gasteiger partial charge in [0.1, 0.15) is 5.69 Å². The highest BCUT2D eigenvalue weighted by Crippen LogP contribution is 2.36. The number of amides is 1. The summed E-state index contributed by atoms with van der Waals surface area (Å²) in [7, 11) is -1.54. The molecule has 9 nitrogen and oxygen atoms in total. The van der Waals surface area contributed by atoms with Crippen molar-refractivity contribution in [2.24, 2.45) is 0 Å². The Kier molecular flexibility index (Phi) is 6.70. The molecule has 0 radical (unpaired) electrons. The molecule has 3 rings (SSSR count). The molecule has 2 atom stereocenters. The molecule has 0 unspecified atom stereocenters. The molecule has 0 bridgehead atoms. The number of nitro groups is 1. The van der Waals surface area contributed by atoms with E-state index >= 15 is 0 Å². The van der Waals surface area contributed by atoms with E-state index < -0.39 is 38.2 Å². The fourth-order valence-electron chi connectivity index (χ4n) is 4.18. The van der Waals surface area contributed by atoms with Crippen molar-refractivity contribution in [1.82, 2.24) is 9.80 Å². The van der Waals surface area contributed by atoms with Crippen molar-refractivity contribution in [2.45, 2.75) is 31.6 Å². The van der Waals surface area contributed by atoms with Crippen LogP contribution in [0.1, 0.15) is 18.9 Å². The van der Waals surface area contributed by atoms with Crippen molar-refractivity contribution in [3.63, 3.8) is 0 Å². The van der Waals surface area contributed by atoms with E-state index in [0.29, 0.717) is 38.7 Å². The molecule has 0 aromatic heterocycles. The quantitative estimate of drug-likeness (QED) is 0.469. The summed E-state index contributed by atoms with van der Waals surface area (Å²) in [6.07, 6.45) is -4.27. The fourth-order valence-corrected chi connectivity index (χ4v) is 5.95. The van der Waals surface area contributed by atoms with Gasteiger partial charge in [-0.3, -0.25) is 19.8 Å². The van der Waals surface area contributed by atoms with Crippen LogP contribution in [-0.4, -0.2) is 85.9 Å². The molecule has 2 heterocycles. The lowest BCUT2D eigenvalue weighted by molar-refractivity contribution is -0.384. The molecule has 0 spiro atoms. The number of rotatable bonds is 5. The first-order valence-corrected chi connectivity index (χ1v) is 11.9. The van der Waals surface area contributed by atoms with E-state index in [1.807, 2.05) is 4.90 Å². The number of nitro benzene ring substituents is 1. The Bertz CT molecular complexity index is 993. The Hall–Kier alpha value is -2.41. The summed E-state index contributed by atoms with van der Waals surface area (Å²) in [4.78, 5) is 28.4. The van der Waals surface area contributed by atoms with Gasteiger partial charge in [0.15, 0.2) is 9.84 Å². The van der Waals surface area contributed by atoms with E-state index in [4.69, 9.17) is 0 Å². The number of hydrogen-bond donors (Lipinski definition) is 0. The number of alkyl halides is 3. The Balaban J connectivity index is 1.66. The summed E-state index contributed by atoms with van der Waals surface area (Å²) in [5.41, 5.74) is -1.59. The van der Waals surface area contributed by atoms with Crippen molar-refractivity contribution in [3.8, 4) is 0 Å². The topological polar surface area (TPSA) is 104 Å². The summed E-state index contributed by atoms with van der Waals surface area (Å²) in [6, 6.07) is 1.60. The average molecular weight is 478 g/mol. The lowest BCUT2D eigenvalue weighted by atomic mass is 10.1. The Morgan fingerprint density at radius 2 is 1.88 bits per heavy atom. The van der Waals surface area contributed by atoms with Gasteiger partial charge >= 0.3 is 6.18 Å². The molecule has 1 amide bonds. The van der Waals surface area contributed by atoms with E-state index in [0.717, 1.165) is 12.1 Å². The molecule has 2 fully saturated rings. The van der Waals surface area contributed by atoms with Gasteiger partial charge in [0, 0.05) is 45.3 Å². The number of carbonyl (C=O) groups excluding carboxylic acids is 1. The van der Waals surface area contributed by atoms with Crippen LogP contribution in [0.3, 0.4) is 0 Å². The fraction of sp³-hybridized carbons (Fsp3) is 0.632. The van der Waals surface area contributed by atoms with Crippen LogP contribution in [0.5, 0.6) is 0 Å². The highest BCUT2D eigenvalue weighted by atomic mass is 32.2. The second-order valence-corrected chi connectivity index (χ2v) is 10.4. The van der Waals surface area contributed by atoms with Gasteiger partial charge in [-0.25, -0.2) is 8.42 Å². The summed E-state index contributed by atoms with van der Waals surface area (Å²) >= 11 is 0. The zero-order valence-corrected chi connectivity index (χ0v) is 18.5. The zero-order chi connectivity index (χ0) is 23.8. The predicted octanol–water partition coefficient (Wildman–Crippen LogP) is 1.77. The van der Waals surface area contributed by atoms with Gasteiger partial charge < -0.3 is 9.80 Å². The lowest BCUT2D eigenvalue weighted by Crippen LogP contribution is -2.55. The largest absolute Gasteiger partial charge is 0.416 e. The minimum atomic E-state index is -4.68. The third-order valence-electron chi connectivity index (χ3n) is 6.16. The van der Waals surface area contributed by atoms with Crippen LogP contribution in [0.25, 0.3) is 0 Å². The molecule has 0 saturated carbocycles. The number of benzene rings is 1. The third-order valence-corrected chi connectivity index (χ3v) is 7.91. The van der Waals surface area contributed by atoms with Crippen LogP contribution in [-0.2, 0) is 20.8 Å². The number of piperazine rings is 1. The number of carbonyl (C=O) groups is 1.